The van der Waals surface area contributed by atoms with Crippen LogP contribution in [0, 0.1) is 11.8 Å². The van der Waals surface area contributed by atoms with Gasteiger partial charge < -0.3 is 9.47 Å². The highest BCUT2D eigenvalue weighted by molar-refractivity contribution is 5.98. The van der Waals surface area contributed by atoms with Gasteiger partial charge in [0.1, 0.15) is 5.75 Å². The van der Waals surface area contributed by atoms with E-state index in [1.165, 1.54) is 7.11 Å². The molecular weight excluding hydrogens is 280 g/mol. The fourth-order valence-electron chi connectivity index (χ4n) is 2.30. The first kappa shape index (κ1) is 18.2. The van der Waals surface area contributed by atoms with Gasteiger partial charge in [-0.25, -0.2) is 0 Å². The second kappa shape index (κ2) is 9.23. The van der Waals surface area contributed by atoms with E-state index in [4.69, 9.17) is 9.47 Å². The lowest BCUT2D eigenvalue weighted by Gasteiger charge is -2.16. The minimum absolute atomic E-state index is 0.0434. The topological polar surface area (TPSA) is 52.6 Å². The molecule has 0 amide bonds. The third-order valence-corrected chi connectivity index (χ3v) is 3.37. The Morgan fingerprint density at radius 1 is 1.14 bits per heavy atom. The van der Waals surface area contributed by atoms with Gasteiger partial charge in [0.15, 0.2) is 5.78 Å². The highest BCUT2D eigenvalue weighted by Crippen LogP contribution is 2.21. The van der Waals surface area contributed by atoms with Gasteiger partial charge in [-0.05, 0) is 43.0 Å². The summed E-state index contributed by atoms with van der Waals surface area (Å²) >= 11 is 0. The summed E-state index contributed by atoms with van der Waals surface area (Å²) < 4.78 is 10.3. The summed E-state index contributed by atoms with van der Waals surface area (Å²) in [5, 5.41) is 0. The summed E-state index contributed by atoms with van der Waals surface area (Å²) in [5.74, 6) is 0.350. The lowest BCUT2D eigenvalue weighted by atomic mass is 9.90. The molecule has 0 N–H and O–H groups in total. The molecule has 1 atom stereocenters. The zero-order chi connectivity index (χ0) is 16.5. The van der Waals surface area contributed by atoms with Crippen LogP contribution in [-0.2, 0) is 9.53 Å². The fourth-order valence-corrected chi connectivity index (χ4v) is 2.30. The molecule has 1 aromatic rings. The molecule has 0 saturated heterocycles. The quantitative estimate of drug-likeness (QED) is 0.513. The Kier molecular flexibility index (Phi) is 7.64. The first-order valence-electron chi connectivity index (χ1n) is 7.81. The van der Waals surface area contributed by atoms with Gasteiger partial charge in [0.05, 0.1) is 19.6 Å². The Balaban J connectivity index is 2.70. The zero-order valence-corrected chi connectivity index (χ0v) is 13.9. The summed E-state index contributed by atoms with van der Waals surface area (Å²) in [6.07, 6.45) is 1.77. The van der Waals surface area contributed by atoms with Crippen LogP contribution in [0.3, 0.4) is 0 Å². The molecule has 0 saturated carbocycles. The molecule has 0 bridgehead atoms. The average Bonchev–Trinajstić information content (AvgIpc) is 2.51. The Morgan fingerprint density at radius 2 is 1.77 bits per heavy atom. The summed E-state index contributed by atoms with van der Waals surface area (Å²) in [5.41, 5.74) is 0.599. The molecule has 0 heterocycles. The molecule has 0 radical (unpaired) electrons. The van der Waals surface area contributed by atoms with Crippen LogP contribution in [0.5, 0.6) is 5.75 Å². The first-order valence-corrected chi connectivity index (χ1v) is 7.81. The van der Waals surface area contributed by atoms with Gasteiger partial charge in [0, 0.05) is 12.0 Å². The van der Waals surface area contributed by atoms with E-state index in [2.05, 4.69) is 0 Å². The fraction of sp³-hybridized carbons (Fsp3) is 0.556. The van der Waals surface area contributed by atoms with Crippen LogP contribution >= 0.6 is 0 Å². The molecule has 0 aliphatic rings. The molecule has 4 heteroatoms. The molecule has 0 aromatic heterocycles. The molecule has 1 aromatic carbocycles. The molecule has 122 valence electrons. The molecule has 0 aliphatic carbocycles. The number of Topliss-reactive ketones (excluding diaryl/α,β-unsaturated/α-hetero) is 1. The molecular formula is C18H26O4. The number of carbonyl (C=O) groups excluding carboxylic acids is 2. The standard InChI is InChI=1S/C18H26O4/c1-5-10-22-16-8-6-14(7-9-16)17(19)12-15(11-13(2)3)18(20)21-4/h6-9,13,15H,5,10-12H2,1-4H3/t15-/m0/s1. The van der Waals surface area contributed by atoms with E-state index < -0.39 is 0 Å². The van der Waals surface area contributed by atoms with E-state index in [0.29, 0.717) is 24.5 Å². The van der Waals surface area contributed by atoms with E-state index >= 15 is 0 Å². The van der Waals surface area contributed by atoms with Gasteiger partial charge in [0.2, 0.25) is 0 Å². The normalized spacial score (nSPS) is 12.0. The third-order valence-electron chi connectivity index (χ3n) is 3.37. The van der Waals surface area contributed by atoms with Crippen molar-refractivity contribution in [1.29, 1.82) is 0 Å². The van der Waals surface area contributed by atoms with Gasteiger partial charge in [-0.15, -0.1) is 0 Å². The van der Waals surface area contributed by atoms with Crippen LogP contribution in [0.4, 0.5) is 0 Å². The molecule has 0 spiro atoms. The van der Waals surface area contributed by atoms with Crippen molar-refractivity contribution in [3.63, 3.8) is 0 Å². The molecule has 0 unspecified atom stereocenters. The van der Waals surface area contributed by atoms with Crippen molar-refractivity contribution >= 4 is 11.8 Å². The summed E-state index contributed by atoms with van der Waals surface area (Å²) in [6.45, 7) is 6.76. The Bertz CT molecular complexity index is 476. The van der Waals surface area contributed by atoms with Crippen LogP contribution in [0.2, 0.25) is 0 Å². The predicted octanol–water partition coefficient (Wildman–Crippen LogP) is 3.88. The number of carbonyl (C=O) groups is 2. The van der Waals surface area contributed by atoms with Crippen LogP contribution in [0.1, 0.15) is 50.4 Å². The average molecular weight is 306 g/mol. The van der Waals surface area contributed by atoms with Crippen LogP contribution in [0.15, 0.2) is 24.3 Å². The number of rotatable bonds is 9. The summed E-state index contributed by atoms with van der Waals surface area (Å²) in [6, 6.07) is 7.07. The molecule has 0 aliphatic heterocycles. The second-order valence-corrected chi connectivity index (χ2v) is 5.85. The lowest BCUT2D eigenvalue weighted by molar-refractivity contribution is -0.145. The van der Waals surface area contributed by atoms with Gasteiger partial charge >= 0.3 is 5.97 Å². The highest BCUT2D eigenvalue weighted by Gasteiger charge is 2.24. The van der Waals surface area contributed by atoms with Crippen molar-refractivity contribution in [1.82, 2.24) is 0 Å². The van der Waals surface area contributed by atoms with Crippen molar-refractivity contribution in [2.45, 2.75) is 40.0 Å². The number of hydrogen-bond donors (Lipinski definition) is 0. The highest BCUT2D eigenvalue weighted by atomic mass is 16.5. The smallest absolute Gasteiger partial charge is 0.309 e. The van der Waals surface area contributed by atoms with E-state index in [-0.39, 0.29) is 24.1 Å². The summed E-state index contributed by atoms with van der Waals surface area (Å²) in [7, 11) is 1.36. The lowest BCUT2D eigenvalue weighted by Crippen LogP contribution is -2.21. The van der Waals surface area contributed by atoms with Crippen molar-refractivity contribution in [3.8, 4) is 5.75 Å². The van der Waals surface area contributed by atoms with Crippen molar-refractivity contribution in [3.05, 3.63) is 29.8 Å². The molecule has 22 heavy (non-hydrogen) atoms. The third kappa shape index (κ3) is 5.88. The first-order chi connectivity index (χ1) is 10.5. The van der Waals surface area contributed by atoms with Crippen LogP contribution in [0.25, 0.3) is 0 Å². The molecule has 4 nitrogen and oxygen atoms in total. The number of hydrogen-bond acceptors (Lipinski definition) is 4. The van der Waals surface area contributed by atoms with E-state index in [1.807, 2.05) is 20.8 Å². The van der Waals surface area contributed by atoms with Crippen molar-refractivity contribution in [2.75, 3.05) is 13.7 Å². The maximum Gasteiger partial charge on any atom is 0.309 e. The second-order valence-electron chi connectivity index (χ2n) is 5.85. The van der Waals surface area contributed by atoms with Gasteiger partial charge in [0.25, 0.3) is 0 Å². The predicted molar refractivity (Wildman–Crippen MR) is 86.1 cm³/mol. The molecule has 0 fully saturated rings. The summed E-state index contributed by atoms with van der Waals surface area (Å²) in [4.78, 5) is 24.1. The maximum atomic E-state index is 12.3. The van der Waals surface area contributed by atoms with Gasteiger partial charge in [-0.3, -0.25) is 9.59 Å². The number of benzene rings is 1. The number of ketones is 1. The zero-order valence-electron chi connectivity index (χ0n) is 13.9. The number of methoxy groups -OCH3 is 1. The van der Waals surface area contributed by atoms with Crippen LogP contribution < -0.4 is 4.74 Å². The largest absolute Gasteiger partial charge is 0.494 e. The van der Waals surface area contributed by atoms with Crippen molar-refractivity contribution in [2.24, 2.45) is 11.8 Å². The SMILES string of the molecule is CCCOc1ccc(C(=O)C[C@H](CC(C)C)C(=O)OC)cc1. The Labute approximate surface area is 132 Å². The van der Waals surface area contributed by atoms with Gasteiger partial charge in [-0.1, -0.05) is 20.8 Å². The van der Waals surface area contributed by atoms with Crippen molar-refractivity contribution < 1.29 is 19.1 Å². The Hall–Kier alpha value is -1.84. The van der Waals surface area contributed by atoms with Gasteiger partial charge in [-0.2, -0.15) is 0 Å². The minimum Gasteiger partial charge on any atom is -0.494 e. The van der Waals surface area contributed by atoms with E-state index in [9.17, 15) is 9.59 Å². The number of esters is 1. The minimum atomic E-state index is -0.381. The van der Waals surface area contributed by atoms with E-state index in [0.717, 1.165) is 12.2 Å². The maximum absolute atomic E-state index is 12.3. The Morgan fingerprint density at radius 3 is 2.27 bits per heavy atom. The van der Waals surface area contributed by atoms with E-state index in [1.54, 1.807) is 24.3 Å². The monoisotopic (exact) mass is 306 g/mol. The number of ether oxygens (including phenoxy) is 2. The van der Waals surface area contributed by atoms with Crippen LogP contribution in [-0.4, -0.2) is 25.5 Å². The molecule has 1 rings (SSSR count).